The monoisotopic (exact) mass is 436 g/mol. The van der Waals surface area contributed by atoms with Gasteiger partial charge >= 0.3 is 0 Å². The maximum Gasteiger partial charge on any atom is 0.229 e. The molecule has 0 unspecified atom stereocenters. The molecule has 0 amide bonds. The van der Waals surface area contributed by atoms with Gasteiger partial charge in [0.1, 0.15) is 11.6 Å². The summed E-state index contributed by atoms with van der Waals surface area (Å²) >= 11 is 5.99. The largest absolute Gasteiger partial charge is 0.494 e. The molecular weight excluding hydrogens is 412 g/mol. The van der Waals surface area contributed by atoms with E-state index in [0.29, 0.717) is 41.8 Å². The van der Waals surface area contributed by atoms with Gasteiger partial charge in [-0.15, -0.1) is 0 Å². The molecule has 31 heavy (non-hydrogen) atoms. The summed E-state index contributed by atoms with van der Waals surface area (Å²) in [6.07, 6.45) is 1.16. The van der Waals surface area contributed by atoms with E-state index in [-0.39, 0.29) is 11.2 Å². The van der Waals surface area contributed by atoms with Gasteiger partial charge in [0.25, 0.3) is 0 Å². The van der Waals surface area contributed by atoms with Crippen molar-refractivity contribution in [1.29, 1.82) is 0 Å². The molecule has 0 atom stereocenters. The first kappa shape index (κ1) is 21.1. The van der Waals surface area contributed by atoms with Crippen LogP contribution in [0.3, 0.4) is 0 Å². The van der Waals surface area contributed by atoms with Crippen molar-refractivity contribution in [3.63, 3.8) is 0 Å². The molecule has 160 valence electrons. The lowest BCUT2D eigenvalue weighted by atomic mass is 9.75. The molecule has 0 fully saturated rings. The van der Waals surface area contributed by atoms with Crippen LogP contribution in [0.2, 0.25) is 5.02 Å². The number of Topliss-reactive ketones (excluding diaryl/α,β-unsaturated/α-hetero) is 1. The van der Waals surface area contributed by atoms with Gasteiger partial charge in [0.05, 0.1) is 17.9 Å². The normalized spacial score (nSPS) is 14.6. The molecule has 2 aromatic carbocycles. The van der Waals surface area contributed by atoms with E-state index in [1.54, 1.807) is 12.1 Å². The third-order valence-electron chi connectivity index (χ3n) is 5.08. The minimum absolute atomic E-state index is 0.0535. The van der Waals surface area contributed by atoms with Crippen LogP contribution < -0.4 is 15.4 Å². The van der Waals surface area contributed by atoms with Gasteiger partial charge in [-0.3, -0.25) is 4.79 Å². The molecule has 1 aromatic heterocycles. The molecule has 0 aliphatic heterocycles. The fourth-order valence-electron chi connectivity index (χ4n) is 3.71. The van der Waals surface area contributed by atoms with Gasteiger partial charge in [0.2, 0.25) is 5.95 Å². The maximum atomic E-state index is 13.0. The van der Waals surface area contributed by atoms with Gasteiger partial charge < -0.3 is 15.4 Å². The zero-order chi connectivity index (χ0) is 22.0. The average Bonchev–Trinajstić information content (AvgIpc) is 2.70. The quantitative estimate of drug-likeness (QED) is 0.481. The Balaban J connectivity index is 1.71. The van der Waals surface area contributed by atoms with E-state index in [9.17, 15) is 4.79 Å². The van der Waals surface area contributed by atoms with E-state index in [4.69, 9.17) is 16.3 Å². The van der Waals surface area contributed by atoms with Gasteiger partial charge in [-0.05, 0) is 67.3 Å². The van der Waals surface area contributed by atoms with Gasteiger partial charge in [-0.1, -0.05) is 25.4 Å². The van der Waals surface area contributed by atoms with Gasteiger partial charge in [-0.25, -0.2) is 4.98 Å². The second kappa shape index (κ2) is 8.55. The van der Waals surface area contributed by atoms with Crippen LogP contribution in [0.15, 0.2) is 48.5 Å². The molecular formula is C24H25ClN4O2. The summed E-state index contributed by atoms with van der Waals surface area (Å²) in [5, 5.41) is 7.18. The van der Waals surface area contributed by atoms with Crippen LogP contribution in [-0.4, -0.2) is 22.4 Å². The van der Waals surface area contributed by atoms with E-state index < -0.39 is 0 Å². The van der Waals surface area contributed by atoms with Gasteiger partial charge in [-0.2, -0.15) is 4.98 Å². The van der Waals surface area contributed by atoms with Crippen molar-refractivity contribution in [2.75, 3.05) is 17.2 Å². The van der Waals surface area contributed by atoms with Gasteiger partial charge in [0, 0.05) is 22.8 Å². The molecule has 7 heteroatoms. The van der Waals surface area contributed by atoms with Crippen LogP contribution in [0.1, 0.15) is 43.2 Å². The van der Waals surface area contributed by atoms with Crippen molar-refractivity contribution in [2.45, 2.75) is 33.6 Å². The lowest BCUT2D eigenvalue weighted by Crippen LogP contribution is -2.29. The first-order chi connectivity index (χ1) is 14.8. The minimum atomic E-state index is -0.146. The summed E-state index contributed by atoms with van der Waals surface area (Å²) < 4.78 is 5.51. The number of ketones is 1. The number of rotatable bonds is 6. The number of ether oxygens (including phenoxy) is 1. The van der Waals surface area contributed by atoms with Crippen LogP contribution in [0.5, 0.6) is 5.75 Å². The van der Waals surface area contributed by atoms with Crippen molar-refractivity contribution in [2.24, 2.45) is 5.41 Å². The third-order valence-corrected chi connectivity index (χ3v) is 5.33. The summed E-state index contributed by atoms with van der Waals surface area (Å²) in [7, 11) is 0. The zero-order valence-electron chi connectivity index (χ0n) is 17.8. The van der Waals surface area contributed by atoms with Crippen molar-refractivity contribution < 1.29 is 9.53 Å². The molecule has 1 heterocycles. The molecule has 0 saturated carbocycles. The Morgan fingerprint density at radius 2 is 1.61 bits per heavy atom. The molecule has 0 bridgehead atoms. The molecule has 0 radical (unpaired) electrons. The predicted octanol–water partition coefficient (Wildman–Crippen LogP) is 6.17. The highest BCUT2D eigenvalue weighted by molar-refractivity contribution is 6.30. The molecule has 1 aliphatic carbocycles. The van der Waals surface area contributed by atoms with Crippen LogP contribution in [0.4, 0.5) is 23.1 Å². The van der Waals surface area contributed by atoms with Crippen molar-refractivity contribution in [3.05, 3.63) is 64.8 Å². The Bertz CT molecular complexity index is 1100. The van der Waals surface area contributed by atoms with Crippen LogP contribution in [0, 0.1) is 5.41 Å². The Morgan fingerprint density at radius 1 is 0.968 bits per heavy atom. The average molecular weight is 437 g/mol. The Morgan fingerprint density at radius 3 is 2.29 bits per heavy atom. The number of nitrogens with one attached hydrogen (secondary N) is 2. The fraction of sp³-hybridized carbons (Fsp3) is 0.292. The Labute approximate surface area is 187 Å². The van der Waals surface area contributed by atoms with E-state index in [0.717, 1.165) is 22.8 Å². The molecule has 3 aromatic rings. The molecule has 1 aliphatic rings. The Kier molecular flexibility index (Phi) is 5.83. The number of hydrogen-bond acceptors (Lipinski definition) is 6. The summed E-state index contributed by atoms with van der Waals surface area (Å²) in [5.74, 6) is 1.78. The first-order valence-corrected chi connectivity index (χ1v) is 10.7. The Hall–Kier alpha value is -3.12. The van der Waals surface area contributed by atoms with Crippen LogP contribution in [-0.2, 0) is 6.42 Å². The standard InChI is InChI=1S/C24H25ClN4O2/c1-4-31-18-11-9-16(10-12-18)26-22-21-19(13-24(2,3)14-20(21)30)28-23(29-22)27-17-7-5-15(25)6-8-17/h5-12H,4,13-14H2,1-3H3,(H2,26,27,28,29). The minimum Gasteiger partial charge on any atom is -0.494 e. The molecule has 2 N–H and O–H groups in total. The number of nitrogens with zero attached hydrogens (tertiary/aromatic N) is 2. The summed E-state index contributed by atoms with van der Waals surface area (Å²) in [6, 6.07) is 14.9. The SMILES string of the molecule is CCOc1ccc(Nc2nc(Nc3ccc(Cl)cc3)nc3c2C(=O)CC(C)(C)C3)cc1. The maximum absolute atomic E-state index is 13.0. The number of aromatic nitrogens is 2. The smallest absolute Gasteiger partial charge is 0.229 e. The summed E-state index contributed by atoms with van der Waals surface area (Å²) in [6.45, 7) is 6.72. The third kappa shape index (κ3) is 4.97. The van der Waals surface area contributed by atoms with E-state index in [2.05, 4.69) is 34.4 Å². The van der Waals surface area contributed by atoms with E-state index in [1.807, 2.05) is 43.3 Å². The lowest BCUT2D eigenvalue weighted by molar-refractivity contribution is 0.0911. The second-order valence-electron chi connectivity index (χ2n) is 8.37. The number of carbonyl (C=O) groups excluding carboxylic acids is 1. The van der Waals surface area contributed by atoms with Crippen molar-refractivity contribution >= 4 is 40.5 Å². The number of fused-ring (bicyclic) bond motifs is 1. The van der Waals surface area contributed by atoms with Gasteiger partial charge in [0.15, 0.2) is 5.78 Å². The van der Waals surface area contributed by atoms with E-state index >= 15 is 0 Å². The molecule has 0 saturated heterocycles. The highest BCUT2D eigenvalue weighted by atomic mass is 35.5. The molecule has 4 rings (SSSR count). The zero-order valence-corrected chi connectivity index (χ0v) is 18.6. The highest BCUT2D eigenvalue weighted by Crippen LogP contribution is 2.38. The molecule has 0 spiro atoms. The number of carbonyl (C=O) groups is 1. The van der Waals surface area contributed by atoms with Crippen LogP contribution in [0.25, 0.3) is 0 Å². The first-order valence-electron chi connectivity index (χ1n) is 10.3. The summed E-state index contributed by atoms with van der Waals surface area (Å²) in [5.41, 5.74) is 2.81. The molecule has 6 nitrogen and oxygen atoms in total. The number of halogens is 1. The van der Waals surface area contributed by atoms with Crippen LogP contribution >= 0.6 is 11.6 Å². The number of hydrogen-bond donors (Lipinski definition) is 2. The second-order valence-corrected chi connectivity index (χ2v) is 8.81. The topological polar surface area (TPSA) is 76.1 Å². The van der Waals surface area contributed by atoms with E-state index in [1.165, 1.54) is 0 Å². The fourth-order valence-corrected chi connectivity index (χ4v) is 3.84. The number of benzene rings is 2. The summed E-state index contributed by atoms with van der Waals surface area (Å²) in [4.78, 5) is 22.3. The predicted molar refractivity (Wildman–Crippen MR) is 124 cm³/mol. The van der Waals surface area contributed by atoms with Crippen molar-refractivity contribution in [1.82, 2.24) is 9.97 Å². The lowest BCUT2D eigenvalue weighted by Gasteiger charge is -2.30. The number of anilines is 4. The highest BCUT2D eigenvalue weighted by Gasteiger charge is 2.35. The van der Waals surface area contributed by atoms with Crippen molar-refractivity contribution in [3.8, 4) is 5.75 Å².